The summed E-state index contributed by atoms with van der Waals surface area (Å²) in [6.07, 6.45) is 0.357. The van der Waals surface area contributed by atoms with E-state index in [1.165, 1.54) is 25.0 Å². The number of nitrogens with zero attached hydrogens (tertiary/aromatic N) is 1. The summed E-state index contributed by atoms with van der Waals surface area (Å²) in [5, 5.41) is 2.70. The predicted molar refractivity (Wildman–Crippen MR) is 82.0 cm³/mol. The van der Waals surface area contributed by atoms with Gasteiger partial charge in [0.2, 0.25) is 5.91 Å². The van der Waals surface area contributed by atoms with Crippen molar-refractivity contribution in [2.24, 2.45) is 5.92 Å². The van der Waals surface area contributed by atoms with Crippen molar-refractivity contribution in [2.75, 3.05) is 11.9 Å². The van der Waals surface area contributed by atoms with Gasteiger partial charge < -0.3 is 5.32 Å². The van der Waals surface area contributed by atoms with Crippen LogP contribution in [0.15, 0.2) is 24.3 Å². The average Bonchev–Trinajstić information content (AvgIpc) is 3.37. The van der Waals surface area contributed by atoms with E-state index in [0.29, 0.717) is 30.2 Å². The van der Waals surface area contributed by atoms with E-state index in [-0.39, 0.29) is 5.91 Å². The van der Waals surface area contributed by atoms with E-state index in [9.17, 15) is 18.0 Å². The first-order valence-electron chi connectivity index (χ1n) is 8.07. The second kappa shape index (κ2) is 6.15. The van der Waals surface area contributed by atoms with Gasteiger partial charge in [-0.25, -0.2) is 0 Å². The van der Waals surface area contributed by atoms with E-state index < -0.39 is 11.7 Å². The number of anilines is 1. The number of hydrogen-bond acceptors (Lipinski definition) is 2. The number of alkyl halides is 3. The number of carbonyl (C=O) groups excluding carboxylic acids is 1. The molecule has 2 saturated carbocycles. The molecule has 3 nitrogen and oxygen atoms in total. The Hall–Kier alpha value is -1.56. The first-order valence-corrected chi connectivity index (χ1v) is 8.07. The molecular formula is C17H21F3N2O. The standard InChI is InChI=1S/C17H21F3N2O/c1-11(12-2-3-12)22(15-8-9-15)10-16(23)21-14-6-4-13(5-7-14)17(18,19)20/h4-7,11-12,15H,2-3,8-10H2,1H3,(H,21,23). The summed E-state index contributed by atoms with van der Waals surface area (Å²) in [4.78, 5) is 14.5. The second-order valence-electron chi connectivity index (χ2n) is 6.60. The van der Waals surface area contributed by atoms with E-state index in [2.05, 4.69) is 17.1 Å². The summed E-state index contributed by atoms with van der Waals surface area (Å²) in [5.74, 6) is 0.527. The van der Waals surface area contributed by atoms with Gasteiger partial charge in [0.05, 0.1) is 12.1 Å². The van der Waals surface area contributed by atoms with Crippen LogP contribution >= 0.6 is 0 Å². The van der Waals surface area contributed by atoms with Crippen LogP contribution < -0.4 is 5.32 Å². The first kappa shape index (κ1) is 16.3. The van der Waals surface area contributed by atoms with Crippen LogP contribution in [0.2, 0.25) is 0 Å². The van der Waals surface area contributed by atoms with Crippen LogP contribution in [0.4, 0.5) is 18.9 Å². The van der Waals surface area contributed by atoms with Crippen molar-refractivity contribution < 1.29 is 18.0 Å². The monoisotopic (exact) mass is 326 g/mol. The minimum absolute atomic E-state index is 0.163. The minimum Gasteiger partial charge on any atom is -0.325 e. The lowest BCUT2D eigenvalue weighted by Crippen LogP contribution is -2.42. The Morgan fingerprint density at radius 3 is 2.30 bits per heavy atom. The van der Waals surface area contributed by atoms with Crippen LogP contribution in [-0.2, 0) is 11.0 Å². The zero-order valence-electron chi connectivity index (χ0n) is 13.1. The molecule has 0 heterocycles. The Morgan fingerprint density at radius 2 is 1.83 bits per heavy atom. The van der Waals surface area contributed by atoms with Gasteiger partial charge in [0, 0.05) is 17.8 Å². The fraction of sp³-hybridized carbons (Fsp3) is 0.588. The Labute approximate surface area is 133 Å². The maximum absolute atomic E-state index is 12.5. The van der Waals surface area contributed by atoms with Gasteiger partial charge in [-0.05, 0) is 62.8 Å². The van der Waals surface area contributed by atoms with E-state index in [0.717, 1.165) is 25.0 Å². The summed E-state index contributed by atoms with van der Waals surface area (Å²) in [7, 11) is 0. The topological polar surface area (TPSA) is 32.3 Å². The first-order chi connectivity index (χ1) is 10.8. The summed E-state index contributed by atoms with van der Waals surface area (Å²) >= 11 is 0. The largest absolute Gasteiger partial charge is 0.416 e. The molecule has 1 amide bonds. The van der Waals surface area contributed by atoms with Gasteiger partial charge in [0.1, 0.15) is 0 Å². The van der Waals surface area contributed by atoms with E-state index in [1.807, 2.05) is 0 Å². The quantitative estimate of drug-likeness (QED) is 0.860. The third kappa shape index (κ3) is 4.25. The highest BCUT2D eigenvalue weighted by atomic mass is 19.4. The molecule has 6 heteroatoms. The number of benzene rings is 1. The van der Waals surface area contributed by atoms with Crippen LogP contribution in [0.3, 0.4) is 0 Å². The third-order valence-electron chi connectivity index (χ3n) is 4.67. The highest BCUT2D eigenvalue weighted by Gasteiger charge is 2.39. The van der Waals surface area contributed by atoms with Gasteiger partial charge in [-0.1, -0.05) is 0 Å². The molecule has 0 saturated heterocycles. The third-order valence-corrected chi connectivity index (χ3v) is 4.67. The molecule has 1 N–H and O–H groups in total. The van der Waals surface area contributed by atoms with Gasteiger partial charge in [-0.3, -0.25) is 9.69 Å². The number of carbonyl (C=O) groups is 1. The van der Waals surface area contributed by atoms with Crippen LogP contribution in [0.5, 0.6) is 0 Å². The van der Waals surface area contributed by atoms with E-state index >= 15 is 0 Å². The lowest BCUT2D eigenvalue weighted by atomic mass is 10.1. The van der Waals surface area contributed by atoms with Crippen LogP contribution in [-0.4, -0.2) is 29.4 Å². The molecular weight excluding hydrogens is 305 g/mol. The summed E-state index contributed by atoms with van der Waals surface area (Å²) < 4.78 is 37.6. The van der Waals surface area contributed by atoms with Crippen molar-refractivity contribution in [3.63, 3.8) is 0 Å². The fourth-order valence-electron chi connectivity index (χ4n) is 2.97. The van der Waals surface area contributed by atoms with Crippen LogP contribution in [0.1, 0.15) is 38.2 Å². The molecule has 0 spiro atoms. The lowest BCUT2D eigenvalue weighted by molar-refractivity contribution is -0.137. The van der Waals surface area contributed by atoms with Gasteiger partial charge in [0.25, 0.3) is 0 Å². The summed E-state index contributed by atoms with van der Waals surface area (Å²) in [5.41, 5.74) is -0.310. The molecule has 2 aliphatic carbocycles. The Bertz CT molecular complexity index is 562. The highest BCUT2D eigenvalue weighted by molar-refractivity contribution is 5.92. The SMILES string of the molecule is CC(C1CC1)N(CC(=O)Nc1ccc(C(F)(F)F)cc1)C1CC1. The van der Waals surface area contributed by atoms with Crippen molar-refractivity contribution in [1.82, 2.24) is 4.90 Å². The molecule has 126 valence electrons. The molecule has 3 rings (SSSR count). The molecule has 2 fully saturated rings. The molecule has 23 heavy (non-hydrogen) atoms. The minimum atomic E-state index is -4.36. The maximum atomic E-state index is 12.5. The second-order valence-corrected chi connectivity index (χ2v) is 6.60. The van der Waals surface area contributed by atoms with Gasteiger partial charge in [-0.2, -0.15) is 13.2 Å². The van der Waals surface area contributed by atoms with Crippen molar-refractivity contribution in [1.29, 1.82) is 0 Å². The highest BCUT2D eigenvalue weighted by Crippen LogP contribution is 2.39. The van der Waals surface area contributed by atoms with Crippen molar-refractivity contribution >= 4 is 11.6 Å². The molecule has 1 unspecified atom stereocenters. The zero-order chi connectivity index (χ0) is 16.6. The molecule has 0 aromatic heterocycles. The number of nitrogens with one attached hydrogen (secondary N) is 1. The molecule has 0 aliphatic heterocycles. The molecule has 2 aliphatic rings. The molecule has 1 aromatic rings. The molecule has 0 radical (unpaired) electrons. The molecule has 1 atom stereocenters. The number of amides is 1. The number of rotatable bonds is 6. The normalized spacial score (nSPS) is 19.7. The number of hydrogen-bond donors (Lipinski definition) is 1. The average molecular weight is 326 g/mol. The zero-order valence-corrected chi connectivity index (χ0v) is 13.1. The van der Waals surface area contributed by atoms with Crippen molar-refractivity contribution in [3.8, 4) is 0 Å². The van der Waals surface area contributed by atoms with Crippen molar-refractivity contribution in [3.05, 3.63) is 29.8 Å². The molecule has 1 aromatic carbocycles. The maximum Gasteiger partial charge on any atom is 0.416 e. The van der Waals surface area contributed by atoms with Crippen molar-refractivity contribution in [2.45, 2.75) is 50.9 Å². The fourth-order valence-corrected chi connectivity index (χ4v) is 2.97. The van der Waals surface area contributed by atoms with Gasteiger partial charge >= 0.3 is 6.18 Å². The van der Waals surface area contributed by atoms with Gasteiger partial charge in [-0.15, -0.1) is 0 Å². The Balaban J connectivity index is 1.57. The van der Waals surface area contributed by atoms with E-state index in [1.54, 1.807) is 0 Å². The Morgan fingerprint density at radius 1 is 1.22 bits per heavy atom. The van der Waals surface area contributed by atoms with Crippen LogP contribution in [0, 0.1) is 5.92 Å². The predicted octanol–water partition coefficient (Wildman–Crippen LogP) is 3.91. The smallest absolute Gasteiger partial charge is 0.325 e. The van der Waals surface area contributed by atoms with Crippen LogP contribution in [0.25, 0.3) is 0 Å². The summed E-state index contributed by atoms with van der Waals surface area (Å²) in [6.45, 7) is 2.48. The number of halogens is 3. The van der Waals surface area contributed by atoms with E-state index in [4.69, 9.17) is 0 Å². The van der Waals surface area contributed by atoms with Gasteiger partial charge in [0.15, 0.2) is 0 Å². The lowest BCUT2D eigenvalue weighted by Gasteiger charge is -2.28. The summed E-state index contributed by atoms with van der Waals surface area (Å²) in [6, 6.07) is 5.46. The molecule has 0 bridgehead atoms. The Kier molecular flexibility index (Phi) is 4.36.